The second kappa shape index (κ2) is 6.01. The van der Waals surface area contributed by atoms with E-state index in [1.54, 1.807) is 0 Å². The minimum atomic E-state index is -0.233. The minimum absolute atomic E-state index is 0.233. The fraction of sp³-hybridized carbons (Fsp3) is 0.455. The van der Waals surface area contributed by atoms with Crippen molar-refractivity contribution >= 4 is 11.7 Å². The van der Waals surface area contributed by atoms with Gasteiger partial charge in [0.1, 0.15) is 5.82 Å². The minimum Gasteiger partial charge on any atom is -0.370 e. The molecular weight excluding hydrogens is 190 g/mol. The normalized spacial score (nSPS) is 9.93. The van der Waals surface area contributed by atoms with Crippen LogP contribution in [0.1, 0.15) is 25.0 Å². The quantitative estimate of drug-likeness (QED) is 0.694. The molecule has 0 unspecified atom stereocenters. The van der Waals surface area contributed by atoms with E-state index in [1.807, 2.05) is 25.1 Å². The predicted molar refractivity (Wildman–Crippen MR) is 60.5 cm³/mol. The molecule has 0 aliphatic rings. The third kappa shape index (κ3) is 5.00. The summed E-state index contributed by atoms with van der Waals surface area (Å²) in [5.74, 6) is 0.651. The van der Waals surface area contributed by atoms with Gasteiger partial charge in [-0.05, 0) is 31.9 Å². The van der Waals surface area contributed by atoms with E-state index in [0.29, 0.717) is 6.42 Å². The Morgan fingerprint density at radius 3 is 2.93 bits per heavy atom. The van der Waals surface area contributed by atoms with Crippen LogP contribution >= 0.6 is 0 Å². The maximum Gasteiger partial charge on any atom is 0.217 e. The fourth-order valence-electron chi connectivity index (χ4n) is 1.28. The molecule has 1 heterocycles. The molecule has 0 bridgehead atoms. The summed E-state index contributed by atoms with van der Waals surface area (Å²) in [6, 6.07) is 5.85. The van der Waals surface area contributed by atoms with Crippen molar-refractivity contribution in [2.75, 3.05) is 11.9 Å². The molecule has 0 saturated carbocycles. The van der Waals surface area contributed by atoms with Gasteiger partial charge in [-0.2, -0.15) is 0 Å². The molecule has 1 aromatic rings. The summed E-state index contributed by atoms with van der Waals surface area (Å²) in [5, 5.41) is 3.20. The van der Waals surface area contributed by atoms with Crippen molar-refractivity contribution in [3.8, 4) is 0 Å². The monoisotopic (exact) mass is 207 g/mol. The van der Waals surface area contributed by atoms with E-state index in [4.69, 9.17) is 5.73 Å². The van der Waals surface area contributed by atoms with Gasteiger partial charge in [0.25, 0.3) is 0 Å². The zero-order chi connectivity index (χ0) is 11.1. The lowest BCUT2D eigenvalue weighted by atomic mass is 10.2. The molecule has 0 atom stereocenters. The van der Waals surface area contributed by atoms with Crippen molar-refractivity contribution in [1.82, 2.24) is 4.98 Å². The third-order valence-corrected chi connectivity index (χ3v) is 2.04. The molecule has 1 rings (SSSR count). The van der Waals surface area contributed by atoms with E-state index in [-0.39, 0.29) is 5.91 Å². The summed E-state index contributed by atoms with van der Waals surface area (Å²) in [6.45, 7) is 2.78. The van der Waals surface area contributed by atoms with Gasteiger partial charge in [-0.3, -0.25) is 4.79 Å². The Morgan fingerprint density at radius 2 is 2.27 bits per heavy atom. The number of primary amides is 1. The average Bonchev–Trinajstić information content (AvgIpc) is 2.17. The Hall–Kier alpha value is -1.58. The number of nitrogens with zero attached hydrogens (tertiary/aromatic N) is 1. The number of rotatable bonds is 6. The van der Waals surface area contributed by atoms with E-state index in [0.717, 1.165) is 30.9 Å². The zero-order valence-electron chi connectivity index (χ0n) is 8.99. The summed E-state index contributed by atoms with van der Waals surface area (Å²) >= 11 is 0. The highest BCUT2D eigenvalue weighted by Crippen LogP contribution is 2.04. The van der Waals surface area contributed by atoms with Crippen molar-refractivity contribution in [3.05, 3.63) is 23.9 Å². The Balaban J connectivity index is 2.17. The van der Waals surface area contributed by atoms with Crippen molar-refractivity contribution in [1.29, 1.82) is 0 Å². The van der Waals surface area contributed by atoms with E-state index >= 15 is 0 Å². The molecule has 15 heavy (non-hydrogen) atoms. The van der Waals surface area contributed by atoms with Crippen LogP contribution in [0.3, 0.4) is 0 Å². The van der Waals surface area contributed by atoms with Gasteiger partial charge in [-0.15, -0.1) is 0 Å². The van der Waals surface area contributed by atoms with Gasteiger partial charge in [-0.25, -0.2) is 4.98 Å². The maximum atomic E-state index is 10.5. The van der Waals surface area contributed by atoms with Crippen molar-refractivity contribution < 1.29 is 4.79 Å². The zero-order valence-corrected chi connectivity index (χ0v) is 8.99. The van der Waals surface area contributed by atoms with E-state index in [1.165, 1.54) is 0 Å². The summed E-state index contributed by atoms with van der Waals surface area (Å²) < 4.78 is 0. The molecule has 3 N–H and O–H groups in total. The van der Waals surface area contributed by atoms with Gasteiger partial charge in [-0.1, -0.05) is 6.07 Å². The van der Waals surface area contributed by atoms with Crippen molar-refractivity contribution in [3.63, 3.8) is 0 Å². The SMILES string of the molecule is Cc1cccc(NCCCCC(N)=O)n1. The van der Waals surface area contributed by atoms with Crippen LogP contribution in [0.5, 0.6) is 0 Å². The number of hydrogen-bond acceptors (Lipinski definition) is 3. The average molecular weight is 207 g/mol. The molecule has 1 amide bonds. The highest BCUT2D eigenvalue weighted by molar-refractivity contribution is 5.73. The number of amides is 1. The van der Waals surface area contributed by atoms with Gasteiger partial charge >= 0.3 is 0 Å². The molecule has 4 heteroatoms. The number of anilines is 1. The molecule has 1 aromatic heterocycles. The van der Waals surface area contributed by atoms with Gasteiger partial charge in [0, 0.05) is 18.7 Å². The molecule has 0 aliphatic carbocycles. The van der Waals surface area contributed by atoms with Crippen LogP contribution in [-0.2, 0) is 4.79 Å². The molecule has 82 valence electrons. The number of aryl methyl sites for hydroxylation is 1. The first-order valence-electron chi connectivity index (χ1n) is 5.14. The number of carbonyl (C=O) groups excluding carboxylic acids is 1. The first kappa shape index (κ1) is 11.5. The first-order chi connectivity index (χ1) is 7.18. The van der Waals surface area contributed by atoms with Crippen molar-refractivity contribution in [2.45, 2.75) is 26.2 Å². The number of unbranched alkanes of at least 4 members (excludes halogenated alkanes) is 1. The Bertz CT molecular complexity index is 325. The summed E-state index contributed by atoms with van der Waals surface area (Å²) in [6.07, 6.45) is 2.22. The molecule has 0 aromatic carbocycles. The Labute approximate surface area is 89.9 Å². The van der Waals surface area contributed by atoms with E-state index < -0.39 is 0 Å². The van der Waals surface area contributed by atoms with Crippen LogP contribution in [-0.4, -0.2) is 17.4 Å². The van der Waals surface area contributed by atoms with Gasteiger partial charge in [0.05, 0.1) is 0 Å². The second-order valence-electron chi connectivity index (χ2n) is 3.51. The van der Waals surface area contributed by atoms with Crippen LogP contribution in [0.2, 0.25) is 0 Å². The number of pyridine rings is 1. The van der Waals surface area contributed by atoms with Gasteiger partial charge in [0.2, 0.25) is 5.91 Å². The fourth-order valence-corrected chi connectivity index (χ4v) is 1.28. The Kier molecular flexibility index (Phi) is 4.60. The molecule has 0 spiro atoms. The van der Waals surface area contributed by atoms with Crippen LogP contribution in [0, 0.1) is 6.92 Å². The van der Waals surface area contributed by atoms with E-state index in [2.05, 4.69) is 10.3 Å². The van der Waals surface area contributed by atoms with Crippen LogP contribution < -0.4 is 11.1 Å². The molecule has 0 fully saturated rings. The first-order valence-corrected chi connectivity index (χ1v) is 5.14. The lowest BCUT2D eigenvalue weighted by Crippen LogP contribution is -2.11. The van der Waals surface area contributed by atoms with Crippen LogP contribution in [0.25, 0.3) is 0 Å². The van der Waals surface area contributed by atoms with Crippen molar-refractivity contribution in [2.24, 2.45) is 5.73 Å². The highest BCUT2D eigenvalue weighted by atomic mass is 16.1. The Morgan fingerprint density at radius 1 is 1.47 bits per heavy atom. The standard InChI is InChI=1S/C11H17N3O/c1-9-5-4-7-11(14-9)13-8-3-2-6-10(12)15/h4-5,7H,2-3,6,8H2,1H3,(H2,12,15)(H,13,14). The molecule has 0 radical (unpaired) electrons. The summed E-state index contributed by atoms with van der Waals surface area (Å²) in [7, 11) is 0. The summed E-state index contributed by atoms with van der Waals surface area (Å²) in [5.41, 5.74) is 6.03. The van der Waals surface area contributed by atoms with Crippen LogP contribution in [0.15, 0.2) is 18.2 Å². The number of nitrogens with two attached hydrogens (primary N) is 1. The van der Waals surface area contributed by atoms with Gasteiger partial charge in [0.15, 0.2) is 0 Å². The second-order valence-corrected chi connectivity index (χ2v) is 3.51. The van der Waals surface area contributed by atoms with Crippen LogP contribution in [0.4, 0.5) is 5.82 Å². The molecule has 0 aliphatic heterocycles. The largest absolute Gasteiger partial charge is 0.370 e. The summed E-state index contributed by atoms with van der Waals surface area (Å²) in [4.78, 5) is 14.8. The third-order valence-electron chi connectivity index (χ3n) is 2.04. The molecular formula is C11H17N3O. The number of aromatic nitrogens is 1. The van der Waals surface area contributed by atoms with E-state index in [9.17, 15) is 4.79 Å². The van der Waals surface area contributed by atoms with Gasteiger partial charge < -0.3 is 11.1 Å². The predicted octanol–water partition coefficient (Wildman–Crippen LogP) is 1.46. The number of hydrogen-bond donors (Lipinski definition) is 2. The highest BCUT2D eigenvalue weighted by Gasteiger charge is 1.95. The smallest absolute Gasteiger partial charge is 0.217 e. The lowest BCUT2D eigenvalue weighted by Gasteiger charge is -2.05. The topological polar surface area (TPSA) is 68.0 Å². The molecule has 0 saturated heterocycles. The number of nitrogens with one attached hydrogen (secondary N) is 1. The maximum absolute atomic E-state index is 10.5. The molecule has 4 nitrogen and oxygen atoms in total. The lowest BCUT2D eigenvalue weighted by molar-refractivity contribution is -0.118. The number of carbonyl (C=O) groups is 1.